The van der Waals surface area contributed by atoms with Gasteiger partial charge in [-0.1, -0.05) is 0 Å². The van der Waals surface area contributed by atoms with Crippen LogP contribution in [0, 0.1) is 0 Å². The predicted octanol–water partition coefficient (Wildman–Crippen LogP) is 2.97. The number of aromatic nitrogens is 2. The number of ether oxygens (including phenoxy) is 1. The van der Waals surface area contributed by atoms with Crippen molar-refractivity contribution in [3.63, 3.8) is 0 Å². The van der Waals surface area contributed by atoms with E-state index < -0.39 is 0 Å². The van der Waals surface area contributed by atoms with Crippen LogP contribution in [0.25, 0.3) is 10.9 Å². The highest BCUT2D eigenvalue weighted by atomic mass is 79.9. The average molecular weight is 310 g/mol. The van der Waals surface area contributed by atoms with Crippen LogP contribution >= 0.6 is 15.9 Å². The van der Waals surface area contributed by atoms with Crippen molar-refractivity contribution >= 4 is 26.8 Å². The molecule has 3 N–H and O–H groups in total. The number of halogens is 1. The van der Waals surface area contributed by atoms with E-state index in [0.717, 1.165) is 46.8 Å². The number of H-pyrrole nitrogens is 1. The number of hydrogen-bond acceptors (Lipinski definition) is 3. The maximum absolute atomic E-state index is 6.07. The second-order valence-corrected chi connectivity index (χ2v) is 5.66. The van der Waals surface area contributed by atoms with Crippen molar-refractivity contribution in [2.75, 3.05) is 0 Å². The number of nitrogens with one attached hydrogen (secondary N) is 1. The minimum atomic E-state index is 0.283. The van der Waals surface area contributed by atoms with Crippen LogP contribution in [-0.2, 0) is 0 Å². The molecule has 0 aliphatic heterocycles. The molecule has 0 radical (unpaired) electrons. The van der Waals surface area contributed by atoms with Crippen LogP contribution < -0.4 is 10.5 Å². The molecule has 5 heteroatoms. The maximum atomic E-state index is 6.07. The number of aromatic amines is 1. The third kappa shape index (κ3) is 2.24. The Hall–Kier alpha value is -1.07. The molecule has 1 fully saturated rings. The largest absolute Gasteiger partial charge is 0.489 e. The quantitative estimate of drug-likeness (QED) is 0.896. The van der Waals surface area contributed by atoms with Gasteiger partial charge < -0.3 is 10.5 Å². The van der Waals surface area contributed by atoms with Crippen LogP contribution in [0.1, 0.15) is 25.7 Å². The number of nitrogens with zero attached hydrogens (tertiary/aromatic N) is 1. The summed E-state index contributed by atoms with van der Waals surface area (Å²) in [6.07, 6.45) is 6.27. The van der Waals surface area contributed by atoms with E-state index in [-0.39, 0.29) is 6.10 Å². The topological polar surface area (TPSA) is 63.9 Å². The Morgan fingerprint density at radius 3 is 2.83 bits per heavy atom. The predicted molar refractivity (Wildman–Crippen MR) is 74.7 cm³/mol. The first-order valence-corrected chi connectivity index (χ1v) is 7.07. The summed E-state index contributed by atoms with van der Waals surface area (Å²) < 4.78 is 7.04. The van der Waals surface area contributed by atoms with E-state index in [1.165, 1.54) is 0 Å². The zero-order valence-corrected chi connectivity index (χ0v) is 11.6. The summed E-state index contributed by atoms with van der Waals surface area (Å²) in [6.45, 7) is 0. The summed E-state index contributed by atoms with van der Waals surface area (Å²) in [5.41, 5.74) is 6.92. The molecule has 0 unspecified atom stereocenters. The zero-order valence-electron chi connectivity index (χ0n) is 10.0. The van der Waals surface area contributed by atoms with Crippen LogP contribution in [0.4, 0.5) is 0 Å². The van der Waals surface area contributed by atoms with Crippen molar-refractivity contribution < 1.29 is 4.74 Å². The van der Waals surface area contributed by atoms with Gasteiger partial charge in [0.1, 0.15) is 5.75 Å². The minimum Gasteiger partial charge on any atom is -0.489 e. The highest BCUT2D eigenvalue weighted by Gasteiger charge is 2.21. The first kappa shape index (κ1) is 12.0. The van der Waals surface area contributed by atoms with Gasteiger partial charge >= 0.3 is 0 Å². The number of nitrogens with two attached hydrogens (primary N) is 1. The molecule has 1 aliphatic rings. The molecule has 1 saturated carbocycles. The Morgan fingerprint density at radius 2 is 2.06 bits per heavy atom. The highest BCUT2D eigenvalue weighted by Crippen LogP contribution is 2.34. The van der Waals surface area contributed by atoms with Crippen LogP contribution in [0.5, 0.6) is 5.75 Å². The molecular formula is C13H16BrN3O. The van der Waals surface area contributed by atoms with E-state index in [0.29, 0.717) is 6.04 Å². The van der Waals surface area contributed by atoms with Gasteiger partial charge in [0, 0.05) is 11.4 Å². The standard InChI is InChI=1S/C13H16BrN3O/c14-13-10-7-16-17-11(10)5-6-12(13)18-9-3-1-8(15)2-4-9/h5-9H,1-4,15H2,(H,16,17). The van der Waals surface area contributed by atoms with E-state index in [4.69, 9.17) is 10.5 Å². The van der Waals surface area contributed by atoms with Crippen molar-refractivity contribution in [3.8, 4) is 5.75 Å². The third-order valence-electron chi connectivity index (χ3n) is 3.54. The summed E-state index contributed by atoms with van der Waals surface area (Å²) in [4.78, 5) is 0. The zero-order chi connectivity index (χ0) is 12.5. The smallest absolute Gasteiger partial charge is 0.134 e. The SMILES string of the molecule is NC1CCC(Oc2ccc3[nH]ncc3c2Br)CC1. The number of hydrogen-bond donors (Lipinski definition) is 2. The lowest BCUT2D eigenvalue weighted by molar-refractivity contribution is 0.146. The molecule has 0 amide bonds. The van der Waals surface area contributed by atoms with Gasteiger partial charge in [0.2, 0.25) is 0 Å². The fourth-order valence-electron chi connectivity index (χ4n) is 2.44. The van der Waals surface area contributed by atoms with Gasteiger partial charge in [0.15, 0.2) is 0 Å². The fourth-order valence-corrected chi connectivity index (χ4v) is 2.98. The Kier molecular flexibility index (Phi) is 3.26. The normalized spacial score (nSPS) is 24.3. The van der Waals surface area contributed by atoms with Crippen molar-refractivity contribution in [1.29, 1.82) is 0 Å². The van der Waals surface area contributed by atoms with Crippen LogP contribution in [0.15, 0.2) is 22.8 Å². The van der Waals surface area contributed by atoms with Gasteiger partial charge in [-0.25, -0.2) is 0 Å². The number of fused-ring (bicyclic) bond motifs is 1. The van der Waals surface area contributed by atoms with Crippen molar-refractivity contribution in [2.24, 2.45) is 5.73 Å². The Balaban J connectivity index is 1.80. The molecule has 1 aliphatic carbocycles. The second kappa shape index (κ2) is 4.90. The molecule has 1 aromatic carbocycles. The van der Waals surface area contributed by atoms with Gasteiger partial charge in [0.05, 0.1) is 22.3 Å². The summed E-state index contributed by atoms with van der Waals surface area (Å²) in [5, 5.41) is 8.03. The lowest BCUT2D eigenvalue weighted by atomic mass is 9.94. The second-order valence-electron chi connectivity index (χ2n) is 4.86. The van der Waals surface area contributed by atoms with E-state index in [2.05, 4.69) is 26.1 Å². The average Bonchev–Trinajstić information content (AvgIpc) is 2.84. The first-order valence-electron chi connectivity index (χ1n) is 6.28. The molecule has 0 spiro atoms. The molecule has 4 nitrogen and oxygen atoms in total. The van der Waals surface area contributed by atoms with Crippen LogP contribution in [0.2, 0.25) is 0 Å². The molecule has 1 heterocycles. The number of benzene rings is 1. The number of rotatable bonds is 2. The molecular weight excluding hydrogens is 294 g/mol. The first-order chi connectivity index (χ1) is 8.74. The van der Waals surface area contributed by atoms with E-state index in [9.17, 15) is 0 Å². The summed E-state index contributed by atoms with van der Waals surface area (Å²) >= 11 is 3.59. The Morgan fingerprint density at radius 1 is 1.28 bits per heavy atom. The van der Waals surface area contributed by atoms with E-state index in [1.807, 2.05) is 18.3 Å². The molecule has 0 bridgehead atoms. The highest BCUT2D eigenvalue weighted by molar-refractivity contribution is 9.10. The molecule has 18 heavy (non-hydrogen) atoms. The summed E-state index contributed by atoms with van der Waals surface area (Å²) in [7, 11) is 0. The Labute approximate surface area is 114 Å². The van der Waals surface area contributed by atoms with Gasteiger partial charge in [-0.15, -0.1) is 0 Å². The molecule has 2 aromatic rings. The summed E-state index contributed by atoms with van der Waals surface area (Å²) in [6, 6.07) is 4.33. The monoisotopic (exact) mass is 309 g/mol. The maximum Gasteiger partial charge on any atom is 0.134 e. The van der Waals surface area contributed by atoms with Crippen LogP contribution in [-0.4, -0.2) is 22.3 Å². The minimum absolute atomic E-state index is 0.283. The lowest BCUT2D eigenvalue weighted by Crippen LogP contribution is -2.31. The van der Waals surface area contributed by atoms with Crippen molar-refractivity contribution in [3.05, 3.63) is 22.8 Å². The van der Waals surface area contributed by atoms with E-state index >= 15 is 0 Å². The molecule has 0 saturated heterocycles. The molecule has 3 rings (SSSR count). The van der Waals surface area contributed by atoms with Gasteiger partial charge in [-0.05, 0) is 53.7 Å². The fraction of sp³-hybridized carbons (Fsp3) is 0.462. The Bertz CT molecular complexity index is 546. The molecule has 96 valence electrons. The van der Waals surface area contributed by atoms with Crippen LogP contribution in [0.3, 0.4) is 0 Å². The van der Waals surface area contributed by atoms with Gasteiger partial charge in [0.25, 0.3) is 0 Å². The molecule has 1 aromatic heterocycles. The summed E-state index contributed by atoms with van der Waals surface area (Å²) in [5.74, 6) is 0.893. The lowest BCUT2D eigenvalue weighted by Gasteiger charge is -2.27. The third-order valence-corrected chi connectivity index (χ3v) is 4.35. The van der Waals surface area contributed by atoms with Gasteiger partial charge in [-0.3, -0.25) is 5.10 Å². The van der Waals surface area contributed by atoms with Crippen molar-refractivity contribution in [1.82, 2.24) is 10.2 Å². The molecule has 0 atom stereocenters. The van der Waals surface area contributed by atoms with Gasteiger partial charge in [-0.2, -0.15) is 5.10 Å². The van der Waals surface area contributed by atoms with E-state index in [1.54, 1.807) is 0 Å². The van der Waals surface area contributed by atoms with Crippen molar-refractivity contribution in [2.45, 2.75) is 37.8 Å².